The summed E-state index contributed by atoms with van der Waals surface area (Å²) in [5, 5.41) is 12.8. The molecule has 144 valence electrons. The zero-order chi connectivity index (χ0) is 20.1. The van der Waals surface area contributed by atoms with Crippen molar-refractivity contribution in [2.24, 2.45) is 0 Å². The van der Waals surface area contributed by atoms with Gasteiger partial charge in [0.05, 0.1) is 6.61 Å². The second kappa shape index (κ2) is 8.67. The van der Waals surface area contributed by atoms with Crippen LogP contribution in [-0.4, -0.2) is 23.6 Å². The van der Waals surface area contributed by atoms with Gasteiger partial charge in [0.25, 0.3) is 5.91 Å². The fourth-order valence-corrected chi connectivity index (χ4v) is 4.00. The number of benzene rings is 1. The summed E-state index contributed by atoms with van der Waals surface area (Å²) < 4.78 is 6.80. The number of carbonyl (C=O) groups excluding carboxylic acids is 2. The topological polar surface area (TPSA) is 79.5 Å². The maximum Gasteiger partial charge on any atom is 0.341 e. The Morgan fingerprint density at radius 3 is 2.61 bits per heavy atom. The van der Waals surface area contributed by atoms with Crippen LogP contribution < -0.4 is 9.88 Å². The number of hydrogen-bond acceptors (Lipinski definition) is 5. The van der Waals surface area contributed by atoms with E-state index in [9.17, 15) is 14.7 Å². The van der Waals surface area contributed by atoms with E-state index in [0.717, 1.165) is 16.0 Å². The number of aromatic nitrogens is 1. The lowest BCUT2D eigenvalue weighted by atomic mass is 10.0. The lowest BCUT2D eigenvalue weighted by Crippen LogP contribution is -2.39. The SMILES string of the molecule is CCOC(=O)c1c(NC(=O)C[n+]2cccc(O)c2)sc(C)c1-c1ccccc1. The van der Waals surface area contributed by atoms with Crippen LogP contribution >= 0.6 is 11.3 Å². The molecule has 6 nitrogen and oxygen atoms in total. The Balaban J connectivity index is 1.94. The Kier molecular flexibility index (Phi) is 6.06. The number of esters is 1. The quantitative estimate of drug-likeness (QED) is 0.493. The molecule has 0 spiro atoms. The molecule has 0 saturated heterocycles. The van der Waals surface area contributed by atoms with E-state index in [4.69, 9.17) is 4.74 Å². The van der Waals surface area contributed by atoms with Crippen LogP contribution in [0.1, 0.15) is 22.2 Å². The van der Waals surface area contributed by atoms with E-state index in [2.05, 4.69) is 5.32 Å². The molecule has 0 bridgehead atoms. The van der Waals surface area contributed by atoms with Crippen LogP contribution in [0.4, 0.5) is 5.00 Å². The molecule has 0 unspecified atom stereocenters. The maximum absolute atomic E-state index is 12.7. The van der Waals surface area contributed by atoms with E-state index in [1.54, 1.807) is 23.8 Å². The number of nitrogens with zero attached hydrogens (tertiary/aromatic N) is 1. The predicted molar refractivity (Wildman–Crippen MR) is 107 cm³/mol. The first-order valence-electron chi connectivity index (χ1n) is 8.83. The summed E-state index contributed by atoms with van der Waals surface area (Å²) in [6.45, 7) is 3.91. The molecule has 7 heteroatoms. The molecule has 1 amide bonds. The van der Waals surface area contributed by atoms with Crippen LogP contribution in [0.5, 0.6) is 5.75 Å². The summed E-state index contributed by atoms with van der Waals surface area (Å²) in [7, 11) is 0. The van der Waals surface area contributed by atoms with Gasteiger partial charge < -0.3 is 15.2 Å². The fourth-order valence-electron chi connectivity index (χ4n) is 2.92. The highest BCUT2D eigenvalue weighted by Gasteiger charge is 2.26. The number of pyridine rings is 1. The number of aryl methyl sites for hydroxylation is 1. The van der Waals surface area contributed by atoms with Gasteiger partial charge in [-0.2, -0.15) is 4.57 Å². The fraction of sp³-hybridized carbons (Fsp3) is 0.190. The molecule has 2 heterocycles. The van der Waals surface area contributed by atoms with Gasteiger partial charge in [-0.05, 0) is 25.5 Å². The van der Waals surface area contributed by atoms with Crippen LogP contribution in [-0.2, 0) is 16.1 Å². The third-order valence-corrected chi connectivity index (χ3v) is 5.07. The molecule has 0 atom stereocenters. The number of nitrogens with one attached hydrogen (secondary N) is 1. The highest BCUT2D eigenvalue weighted by molar-refractivity contribution is 7.17. The highest BCUT2D eigenvalue weighted by atomic mass is 32.1. The van der Waals surface area contributed by atoms with Gasteiger partial charge in [-0.1, -0.05) is 30.3 Å². The number of thiophene rings is 1. The minimum Gasteiger partial charge on any atom is -0.503 e. The first-order chi connectivity index (χ1) is 13.5. The van der Waals surface area contributed by atoms with Crippen molar-refractivity contribution in [1.29, 1.82) is 0 Å². The van der Waals surface area contributed by atoms with E-state index < -0.39 is 5.97 Å². The second-order valence-corrected chi connectivity index (χ2v) is 7.33. The van der Waals surface area contributed by atoms with E-state index >= 15 is 0 Å². The maximum atomic E-state index is 12.7. The van der Waals surface area contributed by atoms with Crippen molar-refractivity contribution in [2.45, 2.75) is 20.4 Å². The standard InChI is InChI=1S/C21H20N2O4S/c1-3-27-21(26)19-18(15-8-5-4-6-9-15)14(2)28-20(19)22-17(25)13-23-11-7-10-16(24)12-23/h4-12H,3,13H2,1-2H3,(H-,22,24,25,26)/p+1. The largest absolute Gasteiger partial charge is 0.503 e. The first-order valence-corrected chi connectivity index (χ1v) is 9.65. The number of aromatic hydroxyl groups is 1. The summed E-state index contributed by atoms with van der Waals surface area (Å²) in [5.41, 5.74) is 2.02. The Bertz CT molecular complexity index is 999. The monoisotopic (exact) mass is 397 g/mol. The predicted octanol–water partition coefficient (Wildman–Crippen LogP) is 3.53. The van der Waals surface area contributed by atoms with Gasteiger partial charge in [-0.25, -0.2) is 4.79 Å². The van der Waals surface area contributed by atoms with Crippen molar-refractivity contribution in [3.8, 4) is 16.9 Å². The summed E-state index contributed by atoms with van der Waals surface area (Å²) in [6.07, 6.45) is 3.14. The summed E-state index contributed by atoms with van der Waals surface area (Å²) in [4.78, 5) is 26.1. The summed E-state index contributed by atoms with van der Waals surface area (Å²) in [5.74, 6) is -0.700. The normalized spacial score (nSPS) is 10.5. The molecule has 28 heavy (non-hydrogen) atoms. The van der Waals surface area contributed by atoms with Crippen LogP contribution in [0.3, 0.4) is 0 Å². The molecule has 3 rings (SSSR count). The minimum atomic E-state index is -0.467. The van der Waals surface area contributed by atoms with Crippen molar-refractivity contribution in [3.05, 3.63) is 65.3 Å². The van der Waals surface area contributed by atoms with Gasteiger partial charge in [0.15, 0.2) is 11.9 Å². The van der Waals surface area contributed by atoms with Crippen molar-refractivity contribution in [1.82, 2.24) is 0 Å². The summed E-state index contributed by atoms with van der Waals surface area (Å²) >= 11 is 1.34. The van der Waals surface area contributed by atoms with Crippen LogP contribution in [0.15, 0.2) is 54.9 Å². The number of carbonyl (C=O) groups is 2. The van der Waals surface area contributed by atoms with Gasteiger partial charge in [0.1, 0.15) is 10.6 Å². The third-order valence-electron chi connectivity index (χ3n) is 4.05. The Morgan fingerprint density at radius 1 is 1.18 bits per heavy atom. The smallest absolute Gasteiger partial charge is 0.341 e. The van der Waals surface area contributed by atoms with Gasteiger partial charge in [0, 0.05) is 16.5 Å². The van der Waals surface area contributed by atoms with Crippen LogP contribution in [0.25, 0.3) is 11.1 Å². The lowest BCUT2D eigenvalue weighted by Gasteiger charge is -2.08. The Hall–Kier alpha value is -3.19. The molecule has 2 aromatic heterocycles. The van der Waals surface area contributed by atoms with Crippen molar-refractivity contribution in [2.75, 3.05) is 11.9 Å². The number of amides is 1. The van der Waals surface area contributed by atoms with Crippen LogP contribution in [0, 0.1) is 6.92 Å². The molecule has 1 aromatic carbocycles. The van der Waals surface area contributed by atoms with Gasteiger partial charge in [-0.15, -0.1) is 11.3 Å². The zero-order valence-corrected chi connectivity index (χ0v) is 16.5. The van der Waals surface area contributed by atoms with Crippen molar-refractivity contribution in [3.63, 3.8) is 0 Å². The van der Waals surface area contributed by atoms with Gasteiger partial charge in [0.2, 0.25) is 12.7 Å². The molecule has 0 aliphatic carbocycles. The molecule has 0 aliphatic heterocycles. The number of rotatable bonds is 6. The number of anilines is 1. The van der Waals surface area contributed by atoms with Crippen LogP contribution in [0.2, 0.25) is 0 Å². The van der Waals surface area contributed by atoms with Gasteiger partial charge >= 0.3 is 5.97 Å². The number of ether oxygens (including phenoxy) is 1. The van der Waals surface area contributed by atoms with Crippen molar-refractivity contribution >= 4 is 28.2 Å². The zero-order valence-electron chi connectivity index (χ0n) is 15.6. The van der Waals surface area contributed by atoms with E-state index in [1.807, 2.05) is 37.3 Å². The lowest BCUT2D eigenvalue weighted by molar-refractivity contribution is -0.684. The van der Waals surface area contributed by atoms with Crippen molar-refractivity contribution < 1.29 is 24.0 Å². The molecular weight excluding hydrogens is 376 g/mol. The molecule has 0 aliphatic rings. The average molecular weight is 397 g/mol. The molecule has 0 saturated carbocycles. The second-order valence-electron chi connectivity index (χ2n) is 6.11. The molecule has 0 fully saturated rings. The average Bonchev–Trinajstić information content (AvgIpc) is 2.98. The molecule has 2 N–H and O–H groups in total. The summed E-state index contributed by atoms with van der Waals surface area (Å²) in [6, 6.07) is 12.7. The highest BCUT2D eigenvalue weighted by Crippen LogP contribution is 2.40. The van der Waals surface area contributed by atoms with Gasteiger partial charge in [-0.3, -0.25) is 4.79 Å². The molecule has 3 aromatic rings. The minimum absolute atomic E-state index is 0.00822. The van der Waals surface area contributed by atoms with E-state index in [0.29, 0.717) is 10.6 Å². The molecular formula is C21H21N2O4S+. The Labute approximate surface area is 167 Å². The Morgan fingerprint density at radius 2 is 1.93 bits per heavy atom. The van der Waals surface area contributed by atoms with E-state index in [1.165, 1.54) is 23.6 Å². The first kappa shape index (κ1) is 19.6. The third kappa shape index (κ3) is 4.37. The molecule has 0 radical (unpaired) electrons. The van der Waals surface area contributed by atoms with E-state index in [-0.39, 0.29) is 24.8 Å². The number of hydrogen-bond donors (Lipinski definition) is 2.